The first kappa shape index (κ1) is 17.8. The Kier molecular flexibility index (Phi) is 13.8. The zero-order valence-corrected chi connectivity index (χ0v) is 10.8. The standard InChI is InChI=1S/C6H13Cl.C5H9NO3/c1-2-3-4-5-6-7;1-3(7)2-4(6)5(8)9/h2-6H2,1H3;4H,2,6H2,1H3,(H,8,9). The summed E-state index contributed by atoms with van der Waals surface area (Å²) >= 11 is 5.44. The van der Waals surface area contributed by atoms with Crippen LogP contribution in [0, 0.1) is 0 Å². The number of halogens is 1. The predicted octanol–water partition coefficient (Wildman–Crippen LogP) is 2.18. The van der Waals surface area contributed by atoms with Gasteiger partial charge < -0.3 is 10.8 Å². The molecule has 0 heterocycles. The average Bonchev–Trinajstić information content (AvgIpc) is 2.18. The van der Waals surface area contributed by atoms with Gasteiger partial charge in [-0.15, -0.1) is 11.6 Å². The highest BCUT2D eigenvalue weighted by Gasteiger charge is 2.12. The maximum absolute atomic E-state index is 10.2. The van der Waals surface area contributed by atoms with Gasteiger partial charge in [-0.3, -0.25) is 9.59 Å². The van der Waals surface area contributed by atoms with E-state index in [0.29, 0.717) is 0 Å². The Morgan fingerprint density at radius 2 is 1.88 bits per heavy atom. The molecule has 0 rings (SSSR count). The number of rotatable bonds is 7. The molecule has 3 N–H and O–H groups in total. The highest BCUT2D eigenvalue weighted by Crippen LogP contribution is 1.98. The molecule has 0 aliphatic rings. The Labute approximate surface area is 102 Å². The number of carboxylic acids is 1. The van der Waals surface area contributed by atoms with Gasteiger partial charge in [0.2, 0.25) is 0 Å². The molecule has 0 spiro atoms. The van der Waals surface area contributed by atoms with Crippen molar-refractivity contribution >= 4 is 23.4 Å². The number of hydrogen-bond donors (Lipinski definition) is 2. The summed E-state index contributed by atoms with van der Waals surface area (Å²) in [6.07, 6.45) is 5.05. The predicted molar refractivity (Wildman–Crippen MR) is 65.8 cm³/mol. The molecule has 4 nitrogen and oxygen atoms in total. The van der Waals surface area contributed by atoms with E-state index >= 15 is 0 Å². The fraction of sp³-hybridized carbons (Fsp3) is 0.818. The van der Waals surface area contributed by atoms with Crippen LogP contribution in [0.25, 0.3) is 0 Å². The van der Waals surface area contributed by atoms with Gasteiger partial charge in [0, 0.05) is 12.3 Å². The number of carbonyl (C=O) groups is 2. The molecular formula is C11H22ClNO3. The number of carboxylic acid groups (broad SMARTS) is 1. The SMILES string of the molecule is CC(=O)CC(N)C(=O)O.CCCCCCCl. The Hall–Kier alpha value is -0.610. The van der Waals surface area contributed by atoms with Crippen molar-refractivity contribution in [2.24, 2.45) is 5.73 Å². The first-order valence-electron chi connectivity index (χ1n) is 5.49. The summed E-state index contributed by atoms with van der Waals surface area (Å²) in [4.78, 5) is 20.2. The summed E-state index contributed by atoms with van der Waals surface area (Å²) in [7, 11) is 0. The molecule has 0 saturated heterocycles. The second-order valence-corrected chi connectivity index (χ2v) is 3.98. The summed E-state index contributed by atoms with van der Waals surface area (Å²) in [5.41, 5.74) is 5.00. The lowest BCUT2D eigenvalue weighted by molar-refractivity contribution is -0.140. The van der Waals surface area contributed by atoms with Crippen molar-refractivity contribution < 1.29 is 14.7 Å². The van der Waals surface area contributed by atoms with Crippen LogP contribution in [0.5, 0.6) is 0 Å². The number of unbranched alkanes of at least 4 members (excludes halogenated alkanes) is 3. The maximum atomic E-state index is 10.2. The average molecular weight is 252 g/mol. The second kappa shape index (κ2) is 12.5. The van der Waals surface area contributed by atoms with Crippen LogP contribution < -0.4 is 5.73 Å². The smallest absolute Gasteiger partial charge is 0.320 e. The van der Waals surface area contributed by atoms with Crippen LogP contribution in [0.3, 0.4) is 0 Å². The summed E-state index contributed by atoms with van der Waals surface area (Å²) in [6, 6.07) is -1.04. The van der Waals surface area contributed by atoms with Crippen LogP contribution in [-0.4, -0.2) is 28.8 Å². The van der Waals surface area contributed by atoms with Crippen LogP contribution in [0.1, 0.15) is 46.0 Å². The third kappa shape index (κ3) is 15.8. The van der Waals surface area contributed by atoms with Crippen LogP contribution in [0.4, 0.5) is 0 Å². The van der Waals surface area contributed by atoms with Crippen LogP contribution >= 0.6 is 11.6 Å². The van der Waals surface area contributed by atoms with E-state index in [1.165, 1.54) is 32.6 Å². The molecule has 0 radical (unpaired) electrons. The number of Topliss-reactive ketones (excluding diaryl/α,β-unsaturated/α-hetero) is 1. The van der Waals surface area contributed by atoms with Gasteiger partial charge in [0.15, 0.2) is 0 Å². The Bertz CT molecular complexity index is 194. The van der Waals surface area contributed by atoms with Crippen molar-refractivity contribution in [3.05, 3.63) is 0 Å². The second-order valence-electron chi connectivity index (χ2n) is 3.60. The number of carbonyl (C=O) groups excluding carboxylic acids is 1. The number of ketones is 1. The number of alkyl halides is 1. The van der Waals surface area contributed by atoms with E-state index in [0.717, 1.165) is 5.88 Å². The summed E-state index contributed by atoms with van der Waals surface area (Å²) in [6.45, 7) is 3.51. The molecule has 5 heteroatoms. The van der Waals surface area contributed by atoms with Gasteiger partial charge in [-0.2, -0.15) is 0 Å². The minimum absolute atomic E-state index is 0.0880. The first-order valence-corrected chi connectivity index (χ1v) is 6.02. The number of aliphatic carboxylic acids is 1. The molecule has 0 bridgehead atoms. The van der Waals surface area contributed by atoms with Crippen molar-refractivity contribution in [1.29, 1.82) is 0 Å². The molecule has 0 fully saturated rings. The Balaban J connectivity index is 0. The molecule has 1 atom stereocenters. The maximum Gasteiger partial charge on any atom is 0.320 e. The number of nitrogens with two attached hydrogens (primary N) is 1. The van der Waals surface area contributed by atoms with Crippen molar-refractivity contribution in [2.75, 3.05) is 5.88 Å². The van der Waals surface area contributed by atoms with Gasteiger partial charge in [-0.1, -0.05) is 26.2 Å². The Morgan fingerprint density at radius 3 is 2.12 bits per heavy atom. The highest BCUT2D eigenvalue weighted by atomic mass is 35.5. The third-order valence-corrected chi connectivity index (χ3v) is 2.08. The fourth-order valence-electron chi connectivity index (χ4n) is 0.918. The van der Waals surface area contributed by atoms with Crippen molar-refractivity contribution in [2.45, 2.75) is 52.0 Å². The van der Waals surface area contributed by atoms with E-state index in [1.807, 2.05) is 0 Å². The van der Waals surface area contributed by atoms with E-state index in [9.17, 15) is 9.59 Å². The molecule has 96 valence electrons. The van der Waals surface area contributed by atoms with Gasteiger partial charge in [-0.25, -0.2) is 0 Å². The topological polar surface area (TPSA) is 80.4 Å². The molecule has 0 aromatic rings. The molecule has 0 aromatic carbocycles. The zero-order chi connectivity index (χ0) is 13.0. The molecule has 0 aromatic heterocycles. The van der Waals surface area contributed by atoms with E-state index in [1.54, 1.807) is 0 Å². The van der Waals surface area contributed by atoms with Gasteiger partial charge in [0.25, 0.3) is 0 Å². The molecule has 0 aliphatic carbocycles. The van der Waals surface area contributed by atoms with Crippen LogP contribution in [0.2, 0.25) is 0 Å². The van der Waals surface area contributed by atoms with Gasteiger partial charge in [0.05, 0.1) is 0 Å². The van der Waals surface area contributed by atoms with Gasteiger partial charge >= 0.3 is 5.97 Å². The van der Waals surface area contributed by atoms with Gasteiger partial charge in [-0.05, 0) is 13.3 Å². The lowest BCUT2D eigenvalue weighted by Crippen LogP contribution is -2.31. The highest BCUT2D eigenvalue weighted by molar-refractivity contribution is 6.17. The lowest BCUT2D eigenvalue weighted by atomic mass is 10.2. The molecule has 0 saturated carbocycles. The minimum atomic E-state index is -1.13. The monoisotopic (exact) mass is 251 g/mol. The quantitative estimate of drug-likeness (QED) is 0.537. The van der Waals surface area contributed by atoms with Crippen molar-refractivity contribution in [1.82, 2.24) is 0 Å². The van der Waals surface area contributed by atoms with Crippen molar-refractivity contribution in [3.8, 4) is 0 Å². The normalized spacial score (nSPS) is 11.2. The summed E-state index contributed by atoms with van der Waals surface area (Å²) in [5, 5.41) is 8.15. The molecule has 1 unspecified atom stereocenters. The van der Waals surface area contributed by atoms with E-state index in [-0.39, 0.29) is 12.2 Å². The third-order valence-electron chi connectivity index (χ3n) is 1.81. The fourth-order valence-corrected chi connectivity index (χ4v) is 1.11. The molecule has 0 aliphatic heterocycles. The summed E-state index contributed by atoms with van der Waals surface area (Å²) in [5.74, 6) is -0.505. The van der Waals surface area contributed by atoms with E-state index in [2.05, 4.69) is 6.92 Å². The Morgan fingerprint density at radius 1 is 1.31 bits per heavy atom. The lowest BCUT2D eigenvalue weighted by Gasteiger charge is -2.00. The molecule has 16 heavy (non-hydrogen) atoms. The van der Waals surface area contributed by atoms with E-state index in [4.69, 9.17) is 22.4 Å². The van der Waals surface area contributed by atoms with Gasteiger partial charge in [0.1, 0.15) is 11.8 Å². The first-order chi connectivity index (χ1) is 7.45. The van der Waals surface area contributed by atoms with Crippen molar-refractivity contribution in [3.63, 3.8) is 0 Å². The largest absolute Gasteiger partial charge is 0.480 e. The van der Waals surface area contributed by atoms with Crippen LogP contribution in [-0.2, 0) is 9.59 Å². The summed E-state index contributed by atoms with van der Waals surface area (Å²) < 4.78 is 0. The van der Waals surface area contributed by atoms with Crippen LogP contribution in [0.15, 0.2) is 0 Å². The molecular weight excluding hydrogens is 230 g/mol. The number of hydrogen-bond acceptors (Lipinski definition) is 3. The van der Waals surface area contributed by atoms with E-state index < -0.39 is 12.0 Å². The zero-order valence-electron chi connectivity index (χ0n) is 10.0. The molecule has 0 amide bonds. The minimum Gasteiger partial charge on any atom is -0.480 e.